The third kappa shape index (κ3) is 3.74. The first-order chi connectivity index (χ1) is 9.13. The summed E-state index contributed by atoms with van der Waals surface area (Å²) in [6.07, 6.45) is 0. The van der Waals surface area contributed by atoms with Gasteiger partial charge in [-0.25, -0.2) is 0 Å². The number of hydrogen-bond acceptors (Lipinski definition) is 4. The van der Waals surface area contributed by atoms with Gasteiger partial charge in [0, 0.05) is 26.2 Å². The van der Waals surface area contributed by atoms with Crippen LogP contribution in [0.1, 0.15) is 11.6 Å². The summed E-state index contributed by atoms with van der Waals surface area (Å²) < 4.78 is 28.4. The smallest absolute Gasteiger partial charge is 0.280 e. The van der Waals surface area contributed by atoms with Gasteiger partial charge in [0.1, 0.15) is 0 Å². The maximum Gasteiger partial charge on any atom is 0.280 e. The van der Waals surface area contributed by atoms with Gasteiger partial charge in [0.05, 0.1) is 12.6 Å². The molecule has 1 saturated heterocycles. The van der Waals surface area contributed by atoms with Gasteiger partial charge in [-0.05, 0) is 5.56 Å². The number of benzene rings is 1. The highest BCUT2D eigenvalue weighted by molar-refractivity contribution is 7.87. The van der Waals surface area contributed by atoms with Crippen LogP contribution in [0.3, 0.4) is 0 Å². The summed E-state index contributed by atoms with van der Waals surface area (Å²) in [6, 6.07) is 8.46. The molecule has 0 aliphatic carbocycles. The highest BCUT2D eigenvalue weighted by Crippen LogP contribution is 2.14. The van der Waals surface area contributed by atoms with Crippen LogP contribution >= 0.6 is 0 Å². The van der Waals surface area contributed by atoms with Gasteiger partial charge >= 0.3 is 0 Å². The molecular formula is C12H19N3O3S. The third-order valence-electron chi connectivity index (χ3n) is 3.09. The zero-order valence-electron chi connectivity index (χ0n) is 10.6. The van der Waals surface area contributed by atoms with Crippen molar-refractivity contribution in [2.24, 2.45) is 0 Å². The zero-order valence-corrected chi connectivity index (χ0v) is 11.4. The van der Waals surface area contributed by atoms with Crippen LogP contribution < -0.4 is 10.0 Å². The molecule has 2 rings (SSSR count). The van der Waals surface area contributed by atoms with E-state index in [1.54, 1.807) is 12.1 Å². The van der Waals surface area contributed by atoms with Crippen LogP contribution in [0, 0.1) is 0 Å². The molecule has 0 saturated carbocycles. The fourth-order valence-corrected chi connectivity index (χ4v) is 3.42. The number of aliphatic hydroxyl groups excluding tert-OH is 1. The molecule has 0 unspecified atom stereocenters. The molecule has 1 atom stereocenters. The number of aliphatic hydroxyl groups is 1. The number of nitrogens with zero attached hydrogens (tertiary/aromatic N) is 1. The van der Waals surface area contributed by atoms with Gasteiger partial charge < -0.3 is 10.4 Å². The first kappa shape index (κ1) is 14.4. The van der Waals surface area contributed by atoms with E-state index in [2.05, 4.69) is 10.0 Å². The number of piperazine rings is 1. The van der Waals surface area contributed by atoms with Crippen LogP contribution in [0.25, 0.3) is 0 Å². The van der Waals surface area contributed by atoms with E-state index in [9.17, 15) is 13.5 Å². The van der Waals surface area contributed by atoms with Gasteiger partial charge in [0.25, 0.3) is 10.2 Å². The van der Waals surface area contributed by atoms with Gasteiger partial charge in [-0.1, -0.05) is 30.3 Å². The lowest BCUT2D eigenvalue weighted by Gasteiger charge is -2.28. The minimum atomic E-state index is -3.56. The predicted molar refractivity (Wildman–Crippen MR) is 72.8 cm³/mol. The van der Waals surface area contributed by atoms with Gasteiger partial charge in [0.15, 0.2) is 0 Å². The van der Waals surface area contributed by atoms with Crippen molar-refractivity contribution in [3.05, 3.63) is 35.9 Å². The average molecular weight is 285 g/mol. The molecule has 1 aromatic carbocycles. The van der Waals surface area contributed by atoms with Crippen LogP contribution in [0.2, 0.25) is 0 Å². The Hall–Kier alpha value is -0.990. The minimum absolute atomic E-state index is 0.269. The predicted octanol–water partition coefficient (Wildman–Crippen LogP) is -0.540. The van der Waals surface area contributed by atoms with Crippen molar-refractivity contribution in [1.29, 1.82) is 0 Å². The maximum absolute atomic E-state index is 12.2. The molecule has 0 bridgehead atoms. The summed E-state index contributed by atoms with van der Waals surface area (Å²) in [5.41, 5.74) is 0.753. The molecule has 19 heavy (non-hydrogen) atoms. The lowest BCUT2D eigenvalue weighted by molar-refractivity contribution is 0.254. The Balaban J connectivity index is 2.09. The standard InChI is InChI=1S/C12H19N3O3S/c16-10-12(11-4-2-1-3-5-11)14-19(17,18)15-8-6-13-7-9-15/h1-5,12-14,16H,6-10H2/t12-/m1/s1. The molecule has 3 N–H and O–H groups in total. The molecule has 106 valence electrons. The Labute approximate surface area is 113 Å². The molecule has 1 aliphatic rings. The van der Waals surface area contributed by atoms with E-state index in [0.717, 1.165) is 5.56 Å². The van der Waals surface area contributed by atoms with Crippen molar-refractivity contribution in [3.8, 4) is 0 Å². The van der Waals surface area contributed by atoms with Crippen molar-refractivity contribution in [2.45, 2.75) is 6.04 Å². The monoisotopic (exact) mass is 285 g/mol. The molecular weight excluding hydrogens is 266 g/mol. The van der Waals surface area contributed by atoms with Gasteiger partial charge in [0.2, 0.25) is 0 Å². The van der Waals surface area contributed by atoms with Crippen LogP contribution in [-0.4, -0.2) is 50.6 Å². The second-order valence-electron chi connectivity index (χ2n) is 4.42. The Morgan fingerprint density at radius 2 is 1.89 bits per heavy atom. The lowest BCUT2D eigenvalue weighted by atomic mass is 10.1. The van der Waals surface area contributed by atoms with Crippen LogP contribution in [-0.2, 0) is 10.2 Å². The SMILES string of the molecule is O=S(=O)(N[C@H](CO)c1ccccc1)N1CCNCC1. The Morgan fingerprint density at radius 1 is 1.26 bits per heavy atom. The molecule has 1 heterocycles. The summed E-state index contributed by atoms with van der Waals surface area (Å²) in [4.78, 5) is 0. The molecule has 0 radical (unpaired) electrons. The average Bonchev–Trinajstić information content (AvgIpc) is 2.47. The molecule has 7 heteroatoms. The van der Waals surface area contributed by atoms with Crippen molar-refractivity contribution in [3.63, 3.8) is 0 Å². The first-order valence-electron chi connectivity index (χ1n) is 6.27. The molecule has 0 aromatic heterocycles. The zero-order chi connectivity index (χ0) is 13.7. The molecule has 1 fully saturated rings. The van der Waals surface area contributed by atoms with E-state index >= 15 is 0 Å². The van der Waals surface area contributed by atoms with Crippen molar-refractivity contribution in [2.75, 3.05) is 32.8 Å². The second-order valence-corrected chi connectivity index (χ2v) is 6.12. The minimum Gasteiger partial charge on any atom is -0.394 e. The summed E-state index contributed by atoms with van der Waals surface area (Å²) in [6.45, 7) is 1.92. The molecule has 1 aliphatic heterocycles. The Morgan fingerprint density at radius 3 is 2.47 bits per heavy atom. The van der Waals surface area contributed by atoms with Crippen molar-refractivity contribution >= 4 is 10.2 Å². The number of nitrogens with one attached hydrogen (secondary N) is 2. The maximum atomic E-state index is 12.2. The van der Waals surface area contributed by atoms with E-state index in [1.165, 1.54) is 4.31 Å². The van der Waals surface area contributed by atoms with E-state index in [1.807, 2.05) is 18.2 Å². The number of rotatable bonds is 5. The highest BCUT2D eigenvalue weighted by Gasteiger charge is 2.26. The normalized spacial score (nSPS) is 19.2. The summed E-state index contributed by atoms with van der Waals surface area (Å²) in [5.74, 6) is 0. The first-order valence-corrected chi connectivity index (χ1v) is 7.71. The largest absolute Gasteiger partial charge is 0.394 e. The third-order valence-corrected chi connectivity index (χ3v) is 4.72. The topological polar surface area (TPSA) is 81.7 Å². The van der Waals surface area contributed by atoms with Crippen LogP contribution in [0.15, 0.2) is 30.3 Å². The fourth-order valence-electron chi connectivity index (χ4n) is 2.04. The molecule has 1 aromatic rings. The number of hydrogen-bond donors (Lipinski definition) is 3. The Kier molecular flexibility index (Phi) is 4.89. The Bertz CT molecular complexity index is 486. The van der Waals surface area contributed by atoms with E-state index in [-0.39, 0.29) is 6.61 Å². The van der Waals surface area contributed by atoms with E-state index < -0.39 is 16.3 Å². The quantitative estimate of drug-likeness (QED) is 0.679. The van der Waals surface area contributed by atoms with Crippen molar-refractivity contribution < 1.29 is 13.5 Å². The fraction of sp³-hybridized carbons (Fsp3) is 0.500. The van der Waals surface area contributed by atoms with Gasteiger partial charge in [-0.15, -0.1) is 0 Å². The van der Waals surface area contributed by atoms with Crippen LogP contribution in [0.4, 0.5) is 0 Å². The highest BCUT2D eigenvalue weighted by atomic mass is 32.2. The van der Waals surface area contributed by atoms with Crippen LogP contribution in [0.5, 0.6) is 0 Å². The van der Waals surface area contributed by atoms with E-state index in [4.69, 9.17) is 0 Å². The van der Waals surface area contributed by atoms with Crippen molar-refractivity contribution in [1.82, 2.24) is 14.3 Å². The molecule has 0 amide bonds. The second kappa shape index (κ2) is 6.44. The van der Waals surface area contributed by atoms with Gasteiger partial charge in [-0.2, -0.15) is 17.4 Å². The molecule has 0 spiro atoms. The summed E-state index contributed by atoms with van der Waals surface area (Å²) in [5, 5.41) is 12.5. The summed E-state index contributed by atoms with van der Waals surface area (Å²) >= 11 is 0. The summed E-state index contributed by atoms with van der Waals surface area (Å²) in [7, 11) is -3.56. The molecule has 6 nitrogen and oxygen atoms in total. The van der Waals surface area contributed by atoms with E-state index in [0.29, 0.717) is 26.2 Å². The van der Waals surface area contributed by atoms with Gasteiger partial charge in [-0.3, -0.25) is 0 Å². The lowest BCUT2D eigenvalue weighted by Crippen LogP contribution is -2.51.